The van der Waals surface area contributed by atoms with Crippen LogP contribution in [-0.2, 0) is 11.2 Å². The van der Waals surface area contributed by atoms with Crippen LogP contribution in [0.4, 0.5) is 0 Å². The van der Waals surface area contributed by atoms with Gasteiger partial charge in [-0.05, 0) is 29.8 Å². The van der Waals surface area contributed by atoms with E-state index in [1.165, 1.54) is 12.1 Å². The van der Waals surface area contributed by atoms with Crippen molar-refractivity contribution in [1.29, 1.82) is 0 Å². The predicted molar refractivity (Wildman–Crippen MR) is 103 cm³/mol. The van der Waals surface area contributed by atoms with Crippen molar-refractivity contribution >= 4 is 33.6 Å². The molecule has 2 aliphatic rings. The molecule has 2 aromatic carbocycles. The average Bonchev–Trinajstić information content (AvgIpc) is 3.29. The third kappa shape index (κ3) is 2.56. The molecule has 2 amide bonds. The summed E-state index contributed by atoms with van der Waals surface area (Å²) in [6.45, 7) is 0.0664. The Labute approximate surface area is 164 Å². The van der Waals surface area contributed by atoms with E-state index < -0.39 is 36.2 Å². The molecule has 29 heavy (non-hydrogen) atoms. The number of fused-ring (bicyclic) bond motifs is 5. The van der Waals surface area contributed by atoms with Gasteiger partial charge in [-0.1, -0.05) is 0 Å². The smallest absolute Gasteiger partial charge is 0.259 e. The van der Waals surface area contributed by atoms with E-state index in [1.807, 2.05) is 0 Å². The summed E-state index contributed by atoms with van der Waals surface area (Å²) in [5, 5.41) is 33.8. The number of aromatic amines is 1. The van der Waals surface area contributed by atoms with E-state index in [-0.39, 0.29) is 29.8 Å². The van der Waals surface area contributed by atoms with Crippen molar-refractivity contribution in [1.82, 2.24) is 10.3 Å². The van der Waals surface area contributed by atoms with Crippen LogP contribution in [0, 0.1) is 0 Å². The number of carbonyl (C=O) groups excluding carboxylic acids is 2. The van der Waals surface area contributed by atoms with E-state index in [2.05, 4.69) is 10.3 Å². The third-order valence-electron chi connectivity index (χ3n) is 5.75. The molecule has 1 aromatic heterocycles. The molecule has 0 saturated carbocycles. The fourth-order valence-corrected chi connectivity index (χ4v) is 4.35. The molecular formula is C20H19N3O6. The molecule has 1 saturated heterocycles. The van der Waals surface area contributed by atoms with Gasteiger partial charge in [-0.2, -0.15) is 0 Å². The summed E-state index contributed by atoms with van der Waals surface area (Å²) < 4.78 is 5.70. The molecule has 9 heteroatoms. The van der Waals surface area contributed by atoms with Crippen LogP contribution < -0.4 is 11.1 Å². The predicted octanol–water partition coefficient (Wildman–Crippen LogP) is -0.0993. The lowest BCUT2D eigenvalue weighted by Gasteiger charge is -2.16. The molecule has 2 aliphatic heterocycles. The molecule has 0 spiro atoms. The second-order valence-corrected chi connectivity index (χ2v) is 7.48. The Morgan fingerprint density at radius 1 is 1.07 bits per heavy atom. The zero-order chi connectivity index (χ0) is 20.4. The molecule has 0 unspecified atom stereocenters. The van der Waals surface area contributed by atoms with Gasteiger partial charge in [0.1, 0.15) is 18.0 Å². The number of aromatic nitrogens is 1. The molecule has 3 heterocycles. The van der Waals surface area contributed by atoms with Gasteiger partial charge in [-0.15, -0.1) is 0 Å². The Bertz CT molecular complexity index is 1190. The van der Waals surface area contributed by atoms with Gasteiger partial charge in [0.05, 0.1) is 28.9 Å². The quantitative estimate of drug-likeness (QED) is 0.337. The van der Waals surface area contributed by atoms with Crippen LogP contribution >= 0.6 is 0 Å². The van der Waals surface area contributed by atoms with Crippen molar-refractivity contribution < 1.29 is 29.6 Å². The number of rotatable bonds is 3. The van der Waals surface area contributed by atoms with Crippen LogP contribution in [0.25, 0.3) is 21.8 Å². The van der Waals surface area contributed by atoms with Gasteiger partial charge in [0.25, 0.3) is 11.8 Å². The lowest BCUT2D eigenvalue weighted by molar-refractivity contribution is 0.0134. The summed E-state index contributed by atoms with van der Waals surface area (Å²) in [4.78, 5) is 28.0. The fraction of sp³-hybridized carbons (Fsp3) is 0.300. The minimum Gasteiger partial charge on any atom is -0.508 e. The number of aliphatic hydroxyl groups is 2. The number of hydrogen-bond donors (Lipinski definition) is 6. The van der Waals surface area contributed by atoms with E-state index in [1.54, 1.807) is 12.1 Å². The first-order valence-electron chi connectivity index (χ1n) is 9.26. The van der Waals surface area contributed by atoms with Crippen LogP contribution in [0.5, 0.6) is 5.75 Å². The summed E-state index contributed by atoms with van der Waals surface area (Å²) in [5.41, 5.74) is 8.01. The number of imide groups is 1. The first-order valence-corrected chi connectivity index (χ1v) is 9.26. The van der Waals surface area contributed by atoms with Gasteiger partial charge in [0, 0.05) is 29.3 Å². The molecule has 0 bridgehead atoms. The van der Waals surface area contributed by atoms with Crippen molar-refractivity contribution in [2.45, 2.75) is 30.8 Å². The topological polar surface area (TPSA) is 158 Å². The SMILES string of the molecule is NC[C@H]1O[C@@H](Cc2cc3c(c4c2[nH]c2ccc(O)cc24)C(=O)NC3=O)[C@H](O)[C@@H]1O. The number of hydrogen-bond acceptors (Lipinski definition) is 7. The number of nitrogens with two attached hydrogens (primary N) is 1. The Kier molecular flexibility index (Phi) is 3.90. The molecule has 5 rings (SSSR count). The van der Waals surface area contributed by atoms with Gasteiger partial charge in [-0.3, -0.25) is 14.9 Å². The van der Waals surface area contributed by atoms with Crippen molar-refractivity contribution in [3.05, 3.63) is 41.0 Å². The maximum Gasteiger partial charge on any atom is 0.259 e. The Balaban J connectivity index is 1.72. The molecule has 3 aromatic rings. The van der Waals surface area contributed by atoms with Crippen LogP contribution in [0.15, 0.2) is 24.3 Å². The lowest BCUT2D eigenvalue weighted by Crippen LogP contribution is -2.36. The van der Waals surface area contributed by atoms with E-state index in [0.29, 0.717) is 27.4 Å². The van der Waals surface area contributed by atoms with Gasteiger partial charge in [0.2, 0.25) is 0 Å². The maximum absolute atomic E-state index is 12.4. The highest BCUT2D eigenvalue weighted by atomic mass is 16.5. The Hall–Kier alpha value is -2.98. The van der Waals surface area contributed by atoms with Gasteiger partial charge < -0.3 is 30.8 Å². The summed E-state index contributed by atoms with van der Waals surface area (Å²) in [6.07, 6.45) is -3.43. The molecular weight excluding hydrogens is 378 g/mol. The number of aliphatic hydroxyl groups excluding tert-OH is 2. The number of aromatic hydroxyl groups is 1. The highest BCUT2D eigenvalue weighted by Gasteiger charge is 2.42. The number of carbonyl (C=O) groups is 2. The van der Waals surface area contributed by atoms with Crippen molar-refractivity contribution in [2.75, 3.05) is 6.54 Å². The number of amides is 2. The largest absolute Gasteiger partial charge is 0.508 e. The molecule has 4 atom stereocenters. The van der Waals surface area contributed by atoms with Crippen LogP contribution in [-0.4, -0.2) is 63.1 Å². The summed E-state index contributed by atoms with van der Waals surface area (Å²) in [6, 6.07) is 6.34. The molecule has 0 radical (unpaired) electrons. The van der Waals surface area contributed by atoms with E-state index in [4.69, 9.17) is 10.5 Å². The van der Waals surface area contributed by atoms with Crippen molar-refractivity contribution in [3.63, 3.8) is 0 Å². The fourth-order valence-electron chi connectivity index (χ4n) is 4.35. The number of benzene rings is 2. The summed E-state index contributed by atoms with van der Waals surface area (Å²) >= 11 is 0. The van der Waals surface area contributed by atoms with Gasteiger partial charge in [0.15, 0.2) is 0 Å². The van der Waals surface area contributed by atoms with Crippen molar-refractivity contribution in [2.24, 2.45) is 5.73 Å². The summed E-state index contributed by atoms with van der Waals surface area (Å²) in [7, 11) is 0. The minimum absolute atomic E-state index is 0.0331. The monoisotopic (exact) mass is 397 g/mol. The normalized spacial score (nSPS) is 26.4. The standard InChI is InChI=1S/C20H19N3O6/c21-6-13-18(26)17(25)12(29-13)4-7-3-10-15(20(28)23-19(10)27)14-9-5-8(24)1-2-11(9)22-16(7)14/h1-3,5,12-13,17-18,22,24-26H,4,6,21H2,(H,23,27,28)/t12-,13+,17-,18+/m0/s1. The second kappa shape index (κ2) is 6.26. The number of ether oxygens (including phenoxy) is 1. The first-order chi connectivity index (χ1) is 13.9. The summed E-state index contributed by atoms with van der Waals surface area (Å²) in [5.74, 6) is -0.970. The zero-order valence-corrected chi connectivity index (χ0v) is 15.2. The second-order valence-electron chi connectivity index (χ2n) is 7.48. The number of phenolic OH excluding ortho intramolecular Hbond substituents is 1. The van der Waals surface area contributed by atoms with E-state index in [9.17, 15) is 24.9 Å². The number of phenols is 1. The molecule has 1 fully saturated rings. The molecule has 9 nitrogen and oxygen atoms in total. The maximum atomic E-state index is 12.4. The highest BCUT2D eigenvalue weighted by Crippen LogP contribution is 2.37. The van der Waals surface area contributed by atoms with Crippen LogP contribution in [0.2, 0.25) is 0 Å². The molecule has 0 aliphatic carbocycles. The third-order valence-corrected chi connectivity index (χ3v) is 5.75. The van der Waals surface area contributed by atoms with Crippen LogP contribution in [0.3, 0.4) is 0 Å². The van der Waals surface area contributed by atoms with Crippen LogP contribution in [0.1, 0.15) is 26.3 Å². The van der Waals surface area contributed by atoms with Crippen molar-refractivity contribution in [3.8, 4) is 5.75 Å². The van der Waals surface area contributed by atoms with Gasteiger partial charge in [-0.25, -0.2) is 0 Å². The minimum atomic E-state index is -1.13. The molecule has 7 N–H and O–H groups in total. The Morgan fingerprint density at radius 3 is 2.55 bits per heavy atom. The highest BCUT2D eigenvalue weighted by molar-refractivity contribution is 6.30. The van der Waals surface area contributed by atoms with E-state index in [0.717, 1.165) is 0 Å². The van der Waals surface area contributed by atoms with E-state index >= 15 is 0 Å². The number of H-pyrrole nitrogens is 1. The molecule has 150 valence electrons. The average molecular weight is 397 g/mol. The Morgan fingerprint density at radius 2 is 1.83 bits per heavy atom. The van der Waals surface area contributed by atoms with Gasteiger partial charge >= 0.3 is 0 Å². The lowest BCUT2D eigenvalue weighted by atomic mass is 9.94. The number of nitrogens with one attached hydrogen (secondary N) is 2. The first kappa shape index (κ1) is 18.1. The zero-order valence-electron chi connectivity index (χ0n) is 15.2.